The van der Waals surface area contributed by atoms with Crippen LogP contribution in [0.25, 0.3) is 0 Å². The minimum atomic E-state index is -0.307. The standard InChI is InChI=1S/C12H12ClNO2/c1-2-3-4-7-14-12(16)10-8-9(15)5-6-11(10)13/h1,5-6,8,15H,3-4,7H2,(H,14,16). The van der Waals surface area contributed by atoms with Gasteiger partial charge in [0.15, 0.2) is 0 Å². The van der Waals surface area contributed by atoms with Crippen LogP contribution in [0.5, 0.6) is 5.75 Å². The van der Waals surface area contributed by atoms with E-state index in [1.807, 2.05) is 0 Å². The van der Waals surface area contributed by atoms with Gasteiger partial charge in [-0.3, -0.25) is 4.79 Å². The van der Waals surface area contributed by atoms with Crippen LogP contribution in [0.15, 0.2) is 18.2 Å². The number of terminal acetylenes is 1. The Labute approximate surface area is 99.4 Å². The first-order valence-electron chi connectivity index (χ1n) is 4.85. The van der Waals surface area contributed by atoms with E-state index in [1.54, 1.807) is 0 Å². The average Bonchev–Trinajstić information content (AvgIpc) is 2.27. The molecule has 4 heteroatoms. The Morgan fingerprint density at radius 3 is 3.00 bits per heavy atom. The second-order valence-corrected chi connectivity index (χ2v) is 3.63. The van der Waals surface area contributed by atoms with Crippen LogP contribution in [0.2, 0.25) is 5.02 Å². The molecule has 3 nitrogen and oxygen atoms in total. The number of hydrogen-bond acceptors (Lipinski definition) is 2. The quantitative estimate of drug-likeness (QED) is 0.623. The van der Waals surface area contributed by atoms with Crippen LogP contribution in [0.4, 0.5) is 0 Å². The van der Waals surface area contributed by atoms with Crippen LogP contribution in [0.1, 0.15) is 23.2 Å². The predicted octanol–water partition coefficient (Wildman–Crippen LogP) is 2.19. The molecule has 0 heterocycles. The number of phenolic OH excluding ortho intramolecular Hbond substituents is 1. The van der Waals surface area contributed by atoms with E-state index in [9.17, 15) is 9.90 Å². The highest BCUT2D eigenvalue weighted by molar-refractivity contribution is 6.33. The minimum Gasteiger partial charge on any atom is -0.508 e. The molecule has 0 bridgehead atoms. The van der Waals surface area contributed by atoms with Gasteiger partial charge in [0.25, 0.3) is 5.91 Å². The molecule has 0 aliphatic carbocycles. The van der Waals surface area contributed by atoms with Crippen LogP contribution < -0.4 is 5.32 Å². The number of halogens is 1. The monoisotopic (exact) mass is 237 g/mol. The van der Waals surface area contributed by atoms with Crippen LogP contribution >= 0.6 is 11.6 Å². The smallest absolute Gasteiger partial charge is 0.252 e. The molecular weight excluding hydrogens is 226 g/mol. The van der Waals surface area contributed by atoms with Gasteiger partial charge in [-0.2, -0.15) is 0 Å². The number of nitrogens with one attached hydrogen (secondary N) is 1. The Kier molecular flexibility index (Phi) is 4.68. The first-order chi connectivity index (χ1) is 7.65. The van der Waals surface area contributed by atoms with E-state index in [-0.39, 0.29) is 17.2 Å². The summed E-state index contributed by atoms with van der Waals surface area (Å²) < 4.78 is 0. The predicted molar refractivity (Wildman–Crippen MR) is 63.5 cm³/mol. The third-order valence-electron chi connectivity index (χ3n) is 1.98. The molecule has 0 aliphatic rings. The summed E-state index contributed by atoms with van der Waals surface area (Å²) in [6, 6.07) is 4.24. The normalized spacial score (nSPS) is 9.50. The largest absolute Gasteiger partial charge is 0.508 e. The maximum atomic E-state index is 11.6. The number of unbranched alkanes of at least 4 members (excludes halogenated alkanes) is 1. The Morgan fingerprint density at radius 1 is 1.56 bits per heavy atom. The van der Waals surface area contributed by atoms with Crippen molar-refractivity contribution >= 4 is 17.5 Å². The van der Waals surface area contributed by atoms with Crippen molar-refractivity contribution in [2.75, 3.05) is 6.54 Å². The van der Waals surface area contributed by atoms with E-state index >= 15 is 0 Å². The Morgan fingerprint density at radius 2 is 2.31 bits per heavy atom. The van der Waals surface area contributed by atoms with E-state index in [2.05, 4.69) is 11.2 Å². The maximum absolute atomic E-state index is 11.6. The number of rotatable bonds is 4. The molecule has 1 rings (SSSR count). The summed E-state index contributed by atoms with van der Waals surface area (Å²) in [7, 11) is 0. The summed E-state index contributed by atoms with van der Waals surface area (Å²) in [5.74, 6) is 2.19. The molecule has 1 aromatic rings. The van der Waals surface area contributed by atoms with Gasteiger partial charge in [0.2, 0.25) is 0 Å². The lowest BCUT2D eigenvalue weighted by molar-refractivity contribution is 0.0953. The van der Waals surface area contributed by atoms with E-state index in [0.717, 1.165) is 6.42 Å². The fourth-order valence-corrected chi connectivity index (χ4v) is 1.38. The first-order valence-corrected chi connectivity index (χ1v) is 5.23. The van der Waals surface area contributed by atoms with Crippen molar-refractivity contribution < 1.29 is 9.90 Å². The number of carbonyl (C=O) groups excluding carboxylic acids is 1. The zero-order valence-corrected chi connectivity index (χ0v) is 9.42. The molecule has 0 radical (unpaired) electrons. The number of phenols is 1. The lowest BCUT2D eigenvalue weighted by atomic mass is 10.2. The van der Waals surface area contributed by atoms with Crippen molar-refractivity contribution in [1.82, 2.24) is 5.32 Å². The summed E-state index contributed by atoms with van der Waals surface area (Å²) in [6.07, 6.45) is 6.42. The molecule has 0 aromatic heterocycles. The van der Waals surface area contributed by atoms with Gasteiger partial charge >= 0.3 is 0 Å². The summed E-state index contributed by atoms with van der Waals surface area (Å²) in [6.45, 7) is 0.495. The third kappa shape index (κ3) is 3.48. The minimum absolute atomic E-state index is 0.0122. The number of amides is 1. The van der Waals surface area contributed by atoms with Gasteiger partial charge in [-0.25, -0.2) is 0 Å². The van der Waals surface area contributed by atoms with Gasteiger partial charge in [0.05, 0.1) is 10.6 Å². The summed E-state index contributed by atoms with van der Waals surface area (Å²) >= 11 is 5.83. The topological polar surface area (TPSA) is 49.3 Å². The lowest BCUT2D eigenvalue weighted by Crippen LogP contribution is -2.24. The molecule has 0 fully saturated rings. The summed E-state index contributed by atoms with van der Waals surface area (Å²) in [5, 5.41) is 12.2. The van der Waals surface area contributed by atoms with Gasteiger partial charge in [-0.05, 0) is 24.6 Å². The summed E-state index contributed by atoms with van der Waals surface area (Å²) in [5.41, 5.74) is 0.266. The Bertz CT molecular complexity index is 424. The van der Waals surface area contributed by atoms with Gasteiger partial charge in [0, 0.05) is 13.0 Å². The zero-order valence-electron chi connectivity index (χ0n) is 8.66. The van der Waals surface area contributed by atoms with Gasteiger partial charge in [0.1, 0.15) is 5.75 Å². The number of benzene rings is 1. The van der Waals surface area contributed by atoms with E-state index in [1.165, 1.54) is 18.2 Å². The molecular formula is C12H12ClNO2. The average molecular weight is 238 g/mol. The van der Waals surface area contributed by atoms with E-state index in [0.29, 0.717) is 18.0 Å². The Hall–Kier alpha value is -1.66. The molecule has 0 atom stereocenters. The molecule has 1 amide bonds. The van der Waals surface area contributed by atoms with Gasteiger partial charge in [-0.1, -0.05) is 11.6 Å². The molecule has 0 saturated heterocycles. The highest BCUT2D eigenvalue weighted by Gasteiger charge is 2.10. The first kappa shape index (κ1) is 12.4. The highest BCUT2D eigenvalue weighted by atomic mass is 35.5. The highest BCUT2D eigenvalue weighted by Crippen LogP contribution is 2.20. The maximum Gasteiger partial charge on any atom is 0.252 e. The number of carbonyl (C=O) groups is 1. The molecule has 16 heavy (non-hydrogen) atoms. The SMILES string of the molecule is C#CCCCNC(=O)c1cc(O)ccc1Cl. The second-order valence-electron chi connectivity index (χ2n) is 3.23. The van der Waals surface area contributed by atoms with E-state index in [4.69, 9.17) is 18.0 Å². The fraction of sp³-hybridized carbons (Fsp3) is 0.250. The van der Waals surface area contributed by atoms with Gasteiger partial charge in [-0.15, -0.1) is 12.3 Å². The molecule has 0 spiro atoms. The third-order valence-corrected chi connectivity index (χ3v) is 2.31. The fourth-order valence-electron chi connectivity index (χ4n) is 1.17. The van der Waals surface area contributed by atoms with Crippen molar-refractivity contribution in [2.45, 2.75) is 12.8 Å². The van der Waals surface area contributed by atoms with Crippen molar-refractivity contribution in [1.29, 1.82) is 0 Å². The van der Waals surface area contributed by atoms with E-state index < -0.39 is 0 Å². The van der Waals surface area contributed by atoms with Gasteiger partial charge < -0.3 is 10.4 Å². The lowest BCUT2D eigenvalue weighted by Gasteiger charge is -2.06. The molecule has 1 aromatic carbocycles. The molecule has 0 aliphatic heterocycles. The van der Waals surface area contributed by atoms with Crippen molar-refractivity contribution in [3.8, 4) is 18.1 Å². The van der Waals surface area contributed by atoms with Crippen LogP contribution in [-0.2, 0) is 0 Å². The van der Waals surface area contributed by atoms with Crippen molar-refractivity contribution in [3.05, 3.63) is 28.8 Å². The molecule has 0 saturated carbocycles. The molecule has 2 N–H and O–H groups in total. The zero-order chi connectivity index (χ0) is 12.0. The molecule has 0 unspecified atom stereocenters. The van der Waals surface area contributed by atoms with Crippen LogP contribution in [0.3, 0.4) is 0 Å². The van der Waals surface area contributed by atoms with Crippen molar-refractivity contribution in [2.24, 2.45) is 0 Å². The number of aromatic hydroxyl groups is 1. The van der Waals surface area contributed by atoms with Crippen LogP contribution in [0, 0.1) is 12.3 Å². The summed E-state index contributed by atoms with van der Waals surface area (Å²) in [4.78, 5) is 11.6. The van der Waals surface area contributed by atoms with Crippen LogP contribution in [-0.4, -0.2) is 17.6 Å². The van der Waals surface area contributed by atoms with Crippen molar-refractivity contribution in [3.63, 3.8) is 0 Å². The number of hydrogen-bond donors (Lipinski definition) is 2. The molecule has 84 valence electrons. The second kappa shape index (κ2) is 6.04. The Balaban J connectivity index is 2.59.